The third-order valence-corrected chi connectivity index (χ3v) is 2.35. The lowest BCUT2D eigenvalue weighted by Gasteiger charge is -2.10. The van der Waals surface area contributed by atoms with Crippen LogP contribution in [0, 0.1) is 6.92 Å². The maximum atomic E-state index is 5.80. The van der Waals surface area contributed by atoms with Crippen molar-refractivity contribution in [1.82, 2.24) is 4.98 Å². The highest BCUT2D eigenvalue weighted by molar-refractivity contribution is 6.17. The number of alkyl halides is 1. The summed E-state index contributed by atoms with van der Waals surface area (Å²) in [6, 6.07) is 1.90. The summed E-state index contributed by atoms with van der Waals surface area (Å²) in [6.07, 6.45) is 2.78. The number of aromatic nitrogens is 1. The van der Waals surface area contributed by atoms with Crippen LogP contribution in [-0.2, 0) is 10.6 Å². The molecule has 1 aromatic rings. The smallest absolute Gasteiger partial charge is 0.127 e. The van der Waals surface area contributed by atoms with E-state index in [-0.39, 0.29) is 0 Å². The molecule has 0 radical (unpaired) electrons. The van der Waals surface area contributed by atoms with Gasteiger partial charge in [0.15, 0.2) is 0 Å². The maximum Gasteiger partial charge on any atom is 0.127 e. The van der Waals surface area contributed by atoms with Gasteiger partial charge in [-0.25, -0.2) is 0 Å². The molecule has 0 N–H and O–H groups in total. The van der Waals surface area contributed by atoms with E-state index in [1.807, 2.05) is 13.0 Å². The average Bonchev–Trinajstić information content (AvgIpc) is 2.29. The van der Waals surface area contributed by atoms with E-state index in [0.29, 0.717) is 19.1 Å². The first kappa shape index (κ1) is 13.3. The van der Waals surface area contributed by atoms with Crippen LogP contribution in [0.25, 0.3) is 0 Å². The lowest BCUT2D eigenvalue weighted by Crippen LogP contribution is -2.08. The molecule has 0 atom stereocenters. The van der Waals surface area contributed by atoms with Crippen LogP contribution in [0.15, 0.2) is 12.3 Å². The van der Waals surface area contributed by atoms with E-state index < -0.39 is 0 Å². The van der Waals surface area contributed by atoms with Crippen LogP contribution in [0.1, 0.15) is 24.6 Å². The van der Waals surface area contributed by atoms with E-state index in [1.165, 1.54) is 0 Å². The molecular formula is C12H18ClNO2. The summed E-state index contributed by atoms with van der Waals surface area (Å²) >= 11 is 5.80. The largest absolute Gasteiger partial charge is 0.491 e. The fraction of sp³-hybridized carbons (Fsp3) is 0.583. The number of aryl methyl sites for hydroxylation is 1. The molecule has 0 bridgehead atoms. The highest BCUT2D eigenvalue weighted by atomic mass is 35.5. The summed E-state index contributed by atoms with van der Waals surface area (Å²) in [5.74, 6) is 1.22. The van der Waals surface area contributed by atoms with Gasteiger partial charge >= 0.3 is 0 Å². The molecule has 1 rings (SSSR count). The van der Waals surface area contributed by atoms with E-state index in [9.17, 15) is 0 Å². The molecule has 0 aromatic carbocycles. The van der Waals surface area contributed by atoms with Crippen LogP contribution in [-0.4, -0.2) is 24.8 Å². The topological polar surface area (TPSA) is 31.4 Å². The number of pyridine rings is 1. The third-order valence-electron chi connectivity index (χ3n) is 2.06. The maximum absolute atomic E-state index is 5.80. The van der Waals surface area contributed by atoms with Gasteiger partial charge in [0.1, 0.15) is 12.4 Å². The first-order valence-corrected chi connectivity index (χ1v) is 6.03. The Labute approximate surface area is 102 Å². The van der Waals surface area contributed by atoms with Crippen molar-refractivity contribution in [3.8, 4) is 5.75 Å². The second-order valence-corrected chi connectivity index (χ2v) is 3.80. The van der Waals surface area contributed by atoms with Crippen LogP contribution in [0.3, 0.4) is 0 Å². The molecule has 0 aliphatic rings. The Morgan fingerprint density at radius 2 is 2.12 bits per heavy atom. The Morgan fingerprint density at radius 1 is 1.31 bits per heavy atom. The summed E-state index contributed by atoms with van der Waals surface area (Å²) in [6.45, 7) is 5.95. The van der Waals surface area contributed by atoms with Gasteiger partial charge in [0.05, 0.1) is 12.5 Å². The van der Waals surface area contributed by atoms with E-state index in [1.54, 1.807) is 6.20 Å². The highest BCUT2D eigenvalue weighted by Crippen LogP contribution is 2.20. The SMILES string of the molecule is CCCOCCOc1cc(C)ncc1CCl. The number of hydrogen-bond donors (Lipinski definition) is 0. The van der Waals surface area contributed by atoms with Crippen molar-refractivity contribution >= 4 is 11.6 Å². The van der Waals surface area contributed by atoms with Gasteiger partial charge in [-0.3, -0.25) is 4.98 Å². The van der Waals surface area contributed by atoms with Gasteiger partial charge < -0.3 is 9.47 Å². The zero-order chi connectivity index (χ0) is 11.8. The second-order valence-electron chi connectivity index (χ2n) is 3.53. The number of halogens is 1. The Balaban J connectivity index is 2.42. The highest BCUT2D eigenvalue weighted by Gasteiger charge is 2.03. The zero-order valence-corrected chi connectivity index (χ0v) is 10.6. The minimum absolute atomic E-state index is 0.415. The lowest BCUT2D eigenvalue weighted by atomic mass is 10.2. The molecule has 0 unspecified atom stereocenters. The van der Waals surface area contributed by atoms with Crippen LogP contribution in [0.4, 0.5) is 0 Å². The Bertz CT molecular complexity index is 318. The minimum atomic E-state index is 0.415. The monoisotopic (exact) mass is 243 g/mol. The lowest BCUT2D eigenvalue weighted by molar-refractivity contribution is 0.100. The van der Waals surface area contributed by atoms with Gasteiger partial charge in [-0.05, 0) is 13.3 Å². The molecule has 0 aliphatic carbocycles. The normalized spacial score (nSPS) is 10.4. The van der Waals surface area contributed by atoms with Crippen LogP contribution in [0.5, 0.6) is 5.75 Å². The third kappa shape index (κ3) is 4.37. The molecule has 0 saturated heterocycles. The first-order valence-electron chi connectivity index (χ1n) is 5.50. The predicted octanol–water partition coefficient (Wildman–Crippen LogP) is 2.93. The minimum Gasteiger partial charge on any atom is -0.491 e. The molecule has 0 saturated carbocycles. The Hall–Kier alpha value is -0.800. The molecule has 0 amide bonds. The standard InChI is InChI=1S/C12H18ClNO2/c1-3-4-15-5-6-16-12-7-10(2)14-9-11(12)8-13/h7,9H,3-6,8H2,1-2H3. The molecule has 1 heterocycles. The molecule has 0 aliphatic heterocycles. The summed E-state index contributed by atoms with van der Waals surface area (Å²) in [7, 11) is 0. The van der Waals surface area contributed by atoms with Gasteiger partial charge in [0, 0.05) is 30.1 Å². The van der Waals surface area contributed by atoms with E-state index in [0.717, 1.165) is 30.0 Å². The fourth-order valence-electron chi connectivity index (χ4n) is 1.25. The summed E-state index contributed by atoms with van der Waals surface area (Å²) in [5.41, 5.74) is 1.85. The fourth-order valence-corrected chi connectivity index (χ4v) is 1.46. The number of nitrogens with zero attached hydrogens (tertiary/aromatic N) is 1. The van der Waals surface area contributed by atoms with Gasteiger partial charge in [0.2, 0.25) is 0 Å². The number of ether oxygens (including phenoxy) is 2. The molecular weight excluding hydrogens is 226 g/mol. The molecule has 3 nitrogen and oxygen atoms in total. The van der Waals surface area contributed by atoms with Crippen LogP contribution < -0.4 is 4.74 Å². The summed E-state index contributed by atoms with van der Waals surface area (Å²) in [5, 5.41) is 0. The van der Waals surface area contributed by atoms with Crippen molar-refractivity contribution in [3.05, 3.63) is 23.5 Å². The van der Waals surface area contributed by atoms with Crippen molar-refractivity contribution in [2.45, 2.75) is 26.1 Å². The average molecular weight is 244 g/mol. The van der Waals surface area contributed by atoms with Gasteiger partial charge in [-0.1, -0.05) is 6.92 Å². The van der Waals surface area contributed by atoms with Crippen LogP contribution >= 0.6 is 11.6 Å². The number of rotatable bonds is 7. The van der Waals surface area contributed by atoms with Gasteiger partial charge in [0.25, 0.3) is 0 Å². The van der Waals surface area contributed by atoms with Crippen LogP contribution in [0.2, 0.25) is 0 Å². The number of hydrogen-bond acceptors (Lipinski definition) is 3. The summed E-state index contributed by atoms with van der Waals surface area (Å²) in [4.78, 5) is 4.17. The van der Waals surface area contributed by atoms with Crippen molar-refractivity contribution in [2.24, 2.45) is 0 Å². The summed E-state index contributed by atoms with van der Waals surface area (Å²) < 4.78 is 10.9. The molecule has 0 fully saturated rings. The molecule has 90 valence electrons. The molecule has 4 heteroatoms. The van der Waals surface area contributed by atoms with E-state index in [4.69, 9.17) is 21.1 Å². The van der Waals surface area contributed by atoms with Gasteiger partial charge in [-0.2, -0.15) is 0 Å². The van der Waals surface area contributed by atoms with Crippen molar-refractivity contribution < 1.29 is 9.47 Å². The van der Waals surface area contributed by atoms with Crippen molar-refractivity contribution in [2.75, 3.05) is 19.8 Å². The van der Waals surface area contributed by atoms with E-state index in [2.05, 4.69) is 11.9 Å². The van der Waals surface area contributed by atoms with Crippen molar-refractivity contribution in [1.29, 1.82) is 0 Å². The Morgan fingerprint density at radius 3 is 2.81 bits per heavy atom. The predicted molar refractivity (Wildman–Crippen MR) is 65.1 cm³/mol. The quantitative estimate of drug-likeness (QED) is 0.545. The van der Waals surface area contributed by atoms with Gasteiger partial charge in [-0.15, -0.1) is 11.6 Å². The Kier molecular flexibility index (Phi) is 6.19. The second kappa shape index (κ2) is 7.47. The zero-order valence-electron chi connectivity index (χ0n) is 9.83. The van der Waals surface area contributed by atoms with Crippen molar-refractivity contribution in [3.63, 3.8) is 0 Å². The first-order chi connectivity index (χ1) is 7.77. The molecule has 0 spiro atoms. The molecule has 1 aromatic heterocycles. The molecule has 16 heavy (non-hydrogen) atoms. The van der Waals surface area contributed by atoms with E-state index >= 15 is 0 Å².